The Balaban J connectivity index is 1.48. The van der Waals surface area contributed by atoms with Crippen LogP contribution in [0.4, 0.5) is 11.4 Å². The minimum Gasteiger partial charge on any atom is -0.337 e. The van der Waals surface area contributed by atoms with Gasteiger partial charge in [-0.05, 0) is 52.4 Å². The second-order valence-electron chi connectivity index (χ2n) is 11.5. The molecule has 1 unspecified atom stereocenters. The highest BCUT2D eigenvalue weighted by Gasteiger charge is 2.54. The zero-order valence-electron chi connectivity index (χ0n) is 24.1. The fraction of sp³-hybridized carbons (Fsp3) is 0.0750. The number of anilines is 2. The van der Waals surface area contributed by atoms with Crippen LogP contribution in [0.5, 0.6) is 0 Å². The van der Waals surface area contributed by atoms with Crippen molar-refractivity contribution in [2.75, 3.05) is 11.4 Å². The molecule has 0 fully saturated rings. The average molecular weight is 565 g/mol. The van der Waals surface area contributed by atoms with Gasteiger partial charge in [0.2, 0.25) is 0 Å². The number of aromatic nitrogens is 3. The lowest BCUT2D eigenvalue weighted by atomic mass is 9.65. The number of fused-ring (bicyclic) bond motifs is 9. The zero-order valence-corrected chi connectivity index (χ0v) is 24.1. The van der Waals surface area contributed by atoms with Crippen molar-refractivity contribution < 1.29 is 0 Å². The van der Waals surface area contributed by atoms with E-state index in [1.807, 2.05) is 24.5 Å². The van der Waals surface area contributed by atoms with Crippen LogP contribution in [0.25, 0.3) is 33.8 Å². The van der Waals surface area contributed by atoms with Gasteiger partial charge in [0, 0.05) is 47.0 Å². The molecule has 4 aromatic carbocycles. The van der Waals surface area contributed by atoms with Crippen molar-refractivity contribution >= 4 is 11.4 Å². The molecule has 0 radical (unpaired) electrons. The van der Waals surface area contributed by atoms with Gasteiger partial charge >= 0.3 is 0 Å². The topological polar surface area (TPSA) is 41.9 Å². The van der Waals surface area contributed by atoms with Crippen molar-refractivity contribution in [3.8, 4) is 33.8 Å². The van der Waals surface area contributed by atoms with E-state index in [2.05, 4.69) is 131 Å². The third-order valence-electron chi connectivity index (χ3n) is 9.23. The average Bonchev–Trinajstić information content (AvgIpc) is 3.44. The maximum atomic E-state index is 5.58. The van der Waals surface area contributed by atoms with E-state index >= 15 is 0 Å². The summed E-state index contributed by atoms with van der Waals surface area (Å²) in [6.45, 7) is 0.788. The van der Waals surface area contributed by atoms with Crippen LogP contribution in [0.1, 0.15) is 27.9 Å². The summed E-state index contributed by atoms with van der Waals surface area (Å²) in [5, 5.41) is 0. The van der Waals surface area contributed by atoms with E-state index in [0.29, 0.717) is 0 Å². The maximum absolute atomic E-state index is 5.58. The zero-order chi connectivity index (χ0) is 29.1. The standard InChI is InChI=1S/C40H28N4/c1-2-11-25-44-34-23-10-9-21-32(34)40(33-22-12-17-27(14-4-1)37(33)44)31-20-8-7-19-30(31)35-36(29-18-13-24-41-26-29)42-39(43-38(35)40)28-15-5-3-6-16-28/h1-13,15-24,26H,14,25H2/b4-1-,11-2-. The summed E-state index contributed by atoms with van der Waals surface area (Å²) in [5.74, 6) is 0.719. The number of rotatable bonds is 2. The van der Waals surface area contributed by atoms with Gasteiger partial charge in [-0.2, -0.15) is 0 Å². The van der Waals surface area contributed by atoms with Crippen LogP contribution in [0, 0.1) is 0 Å². The minimum atomic E-state index is -0.630. The number of hydrogen-bond donors (Lipinski definition) is 0. The maximum Gasteiger partial charge on any atom is 0.160 e. The lowest BCUT2D eigenvalue weighted by Gasteiger charge is -2.45. The summed E-state index contributed by atoms with van der Waals surface area (Å²) in [7, 11) is 0. The molecular weight excluding hydrogens is 536 g/mol. The van der Waals surface area contributed by atoms with Gasteiger partial charge in [-0.15, -0.1) is 0 Å². The van der Waals surface area contributed by atoms with E-state index in [4.69, 9.17) is 9.97 Å². The third kappa shape index (κ3) is 3.42. The highest BCUT2D eigenvalue weighted by atomic mass is 15.2. The van der Waals surface area contributed by atoms with Crippen molar-refractivity contribution in [1.29, 1.82) is 0 Å². The molecular formula is C40H28N4. The molecule has 9 rings (SSSR count). The van der Waals surface area contributed by atoms with Crippen LogP contribution in [0.15, 0.2) is 146 Å². The van der Waals surface area contributed by atoms with Gasteiger partial charge < -0.3 is 4.90 Å². The third-order valence-corrected chi connectivity index (χ3v) is 9.23. The molecule has 1 aliphatic carbocycles. The summed E-state index contributed by atoms with van der Waals surface area (Å²) in [4.78, 5) is 17.9. The predicted molar refractivity (Wildman–Crippen MR) is 177 cm³/mol. The molecule has 3 aliphatic rings. The Morgan fingerprint density at radius 1 is 0.636 bits per heavy atom. The van der Waals surface area contributed by atoms with Gasteiger partial charge in [-0.3, -0.25) is 4.98 Å². The first kappa shape index (κ1) is 24.9. The summed E-state index contributed by atoms with van der Waals surface area (Å²) in [5.41, 5.74) is 13.1. The summed E-state index contributed by atoms with van der Waals surface area (Å²) in [6.07, 6.45) is 13.4. The molecule has 6 aromatic rings. The van der Waals surface area contributed by atoms with E-state index in [0.717, 1.165) is 46.9 Å². The first-order valence-corrected chi connectivity index (χ1v) is 15.1. The van der Waals surface area contributed by atoms with Gasteiger partial charge in [0.1, 0.15) is 0 Å². The highest BCUT2D eigenvalue weighted by molar-refractivity contribution is 5.97. The molecule has 4 heterocycles. The molecule has 1 atom stereocenters. The van der Waals surface area contributed by atoms with E-state index in [9.17, 15) is 0 Å². The molecule has 1 spiro atoms. The Hall–Kier alpha value is -5.61. The Bertz CT molecular complexity index is 2130. The van der Waals surface area contributed by atoms with E-state index in [1.54, 1.807) is 0 Å². The lowest BCUT2D eigenvalue weighted by molar-refractivity contribution is 0.714. The van der Waals surface area contributed by atoms with Gasteiger partial charge in [0.25, 0.3) is 0 Å². The van der Waals surface area contributed by atoms with Gasteiger partial charge in [-0.25, -0.2) is 9.97 Å². The first-order chi connectivity index (χ1) is 21.9. The number of para-hydroxylation sites is 2. The molecule has 0 N–H and O–H groups in total. The molecule has 4 heteroatoms. The number of allylic oxidation sites excluding steroid dienone is 3. The molecule has 0 amide bonds. The highest BCUT2D eigenvalue weighted by Crippen LogP contribution is 2.63. The lowest BCUT2D eigenvalue weighted by Crippen LogP contribution is -2.39. The van der Waals surface area contributed by atoms with Crippen LogP contribution in [-0.2, 0) is 11.8 Å². The molecule has 0 saturated carbocycles. The summed E-state index contributed by atoms with van der Waals surface area (Å²) in [6, 6.07) is 39.0. The van der Waals surface area contributed by atoms with Crippen molar-refractivity contribution in [3.05, 3.63) is 174 Å². The quantitative estimate of drug-likeness (QED) is 0.211. The number of hydrogen-bond acceptors (Lipinski definition) is 4. The van der Waals surface area contributed by atoms with Crippen molar-refractivity contribution in [3.63, 3.8) is 0 Å². The SMILES string of the molecule is C1=C\Cc2cccc3c2N(C\C=C/1)c1ccccc1C31c2ccccc2-c2c(-c3cccnc3)nc(-c3ccccc3)nc21. The minimum absolute atomic E-state index is 0.630. The smallest absolute Gasteiger partial charge is 0.160 e. The van der Waals surface area contributed by atoms with Crippen LogP contribution in [-0.4, -0.2) is 21.5 Å². The number of benzene rings is 4. The van der Waals surface area contributed by atoms with E-state index < -0.39 is 5.41 Å². The Labute approximate surface area is 256 Å². The fourth-order valence-corrected chi connectivity index (χ4v) is 7.49. The van der Waals surface area contributed by atoms with Crippen LogP contribution < -0.4 is 4.90 Å². The van der Waals surface area contributed by atoms with Crippen LogP contribution >= 0.6 is 0 Å². The summed E-state index contributed by atoms with van der Waals surface area (Å²) < 4.78 is 0. The molecule has 0 bridgehead atoms. The molecule has 2 aromatic heterocycles. The number of nitrogens with zero attached hydrogens (tertiary/aromatic N) is 4. The van der Waals surface area contributed by atoms with Crippen molar-refractivity contribution in [1.82, 2.24) is 15.0 Å². The normalized spacial score (nSPS) is 18.7. The number of pyridine rings is 1. The Morgan fingerprint density at radius 2 is 1.41 bits per heavy atom. The monoisotopic (exact) mass is 564 g/mol. The molecule has 2 aliphatic heterocycles. The second kappa shape index (κ2) is 9.72. The Kier molecular flexibility index (Phi) is 5.51. The second-order valence-corrected chi connectivity index (χ2v) is 11.5. The molecule has 208 valence electrons. The molecule has 4 nitrogen and oxygen atoms in total. The molecule has 44 heavy (non-hydrogen) atoms. The van der Waals surface area contributed by atoms with Crippen molar-refractivity contribution in [2.45, 2.75) is 11.8 Å². The van der Waals surface area contributed by atoms with E-state index in [-0.39, 0.29) is 0 Å². The fourth-order valence-electron chi connectivity index (χ4n) is 7.49. The largest absolute Gasteiger partial charge is 0.337 e. The predicted octanol–water partition coefficient (Wildman–Crippen LogP) is 8.69. The van der Waals surface area contributed by atoms with Crippen LogP contribution in [0.2, 0.25) is 0 Å². The summed E-state index contributed by atoms with van der Waals surface area (Å²) >= 11 is 0. The van der Waals surface area contributed by atoms with Gasteiger partial charge in [0.05, 0.1) is 16.8 Å². The van der Waals surface area contributed by atoms with Crippen molar-refractivity contribution in [2.24, 2.45) is 0 Å². The first-order valence-electron chi connectivity index (χ1n) is 15.1. The van der Waals surface area contributed by atoms with Gasteiger partial charge in [-0.1, -0.05) is 115 Å². The van der Waals surface area contributed by atoms with E-state index in [1.165, 1.54) is 39.2 Å². The van der Waals surface area contributed by atoms with Crippen LogP contribution in [0.3, 0.4) is 0 Å². The van der Waals surface area contributed by atoms with Gasteiger partial charge in [0.15, 0.2) is 5.82 Å². The Morgan fingerprint density at radius 3 is 2.30 bits per heavy atom. The molecule has 0 saturated heterocycles.